The molecule has 0 unspecified atom stereocenters. The molecule has 1 saturated carbocycles. The number of aromatic nitrogens is 1. The highest BCUT2D eigenvalue weighted by atomic mass is 32.2. The van der Waals surface area contributed by atoms with Crippen molar-refractivity contribution < 1.29 is 0 Å². The van der Waals surface area contributed by atoms with Gasteiger partial charge in [0.15, 0.2) is 0 Å². The number of nitrogens with one attached hydrogen (secondary N) is 1. The molecule has 112 valence electrons. The van der Waals surface area contributed by atoms with Crippen LogP contribution in [0.3, 0.4) is 0 Å². The minimum atomic E-state index is 0.501. The molecule has 1 aliphatic rings. The molecule has 1 aromatic heterocycles. The van der Waals surface area contributed by atoms with Crippen LogP contribution in [-0.2, 0) is 6.54 Å². The summed E-state index contributed by atoms with van der Waals surface area (Å²) in [4.78, 5) is 4.94. The predicted molar refractivity (Wildman–Crippen MR) is 91.8 cm³/mol. The van der Waals surface area contributed by atoms with Crippen LogP contribution in [-0.4, -0.2) is 16.3 Å². The zero-order valence-electron chi connectivity index (χ0n) is 12.9. The molecule has 3 rings (SSSR count). The number of pyridine rings is 1. The van der Waals surface area contributed by atoms with Gasteiger partial charge in [0, 0.05) is 23.2 Å². The van der Waals surface area contributed by atoms with Crippen molar-refractivity contribution in [2.24, 2.45) is 0 Å². The molecule has 0 spiro atoms. The van der Waals surface area contributed by atoms with Crippen LogP contribution < -0.4 is 5.32 Å². The highest BCUT2D eigenvalue weighted by Gasteiger charge is 2.19. The summed E-state index contributed by atoms with van der Waals surface area (Å²) in [6.07, 6.45) is 5.45. The molecule has 21 heavy (non-hydrogen) atoms. The molecule has 0 saturated heterocycles. The van der Waals surface area contributed by atoms with E-state index in [1.54, 1.807) is 0 Å². The lowest BCUT2D eigenvalue weighted by Crippen LogP contribution is -2.22. The maximum atomic E-state index is 4.94. The van der Waals surface area contributed by atoms with E-state index in [4.69, 9.17) is 4.98 Å². The van der Waals surface area contributed by atoms with Crippen molar-refractivity contribution in [2.45, 2.75) is 62.4 Å². The number of rotatable bonds is 5. The lowest BCUT2D eigenvalue weighted by atomic mass is 10.1. The van der Waals surface area contributed by atoms with Crippen LogP contribution in [0.4, 0.5) is 0 Å². The van der Waals surface area contributed by atoms with Crippen LogP contribution in [0.5, 0.6) is 0 Å². The number of nitrogens with zero attached hydrogens (tertiary/aromatic N) is 1. The van der Waals surface area contributed by atoms with Gasteiger partial charge in [-0.1, -0.05) is 44.9 Å². The normalized spacial score (nSPS) is 16.1. The first kappa shape index (κ1) is 14.9. The fourth-order valence-corrected chi connectivity index (χ4v) is 4.17. The maximum absolute atomic E-state index is 4.94. The number of hydrogen-bond donors (Lipinski definition) is 1. The minimum absolute atomic E-state index is 0.501. The summed E-state index contributed by atoms with van der Waals surface area (Å²) < 4.78 is 0. The van der Waals surface area contributed by atoms with E-state index in [-0.39, 0.29) is 0 Å². The van der Waals surface area contributed by atoms with Crippen molar-refractivity contribution in [3.63, 3.8) is 0 Å². The third-order valence-electron chi connectivity index (χ3n) is 4.04. The van der Waals surface area contributed by atoms with Gasteiger partial charge in [0.1, 0.15) is 5.03 Å². The predicted octanol–water partition coefficient (Wildman–Crippen LogP) is 4.77. The number of fused-ring (bicyclic) bond motifs is 1. The Morgan fingerprint density at radius 2 is 2.00 bits per heavy atom. The Morgan fingerprint density at radius 1 is 1.24 bits per heavy atom. The summed E-state index contributed by atoms with van der Waals surface area (Å²) in [6.45, 7) is 5.29. The Bertz CT molecular complexity index is 603. The molecule has 0 amide bonds. The van der Waals surface area contributed by atoms with Gasteiger partial charge in [0.2, 0.25) is 0 Å². The molecular weight excluding hydrogens is 276 g/mol. The number of benzene rings is 1. The van der Waals surface area contributed by atoms with Crippen LogP contribution >= 0.6 is 11.8 Å². The monoisotopic (exact) mass is 300 g/mol. The molecule has 1 fully saturated rings. The fraction of sp³-hybridized carbons (Fsp3) is 0.500. The smallest absolute Gasteiger partial charge is 0.101 e. The highest BCUT2D eigenvalue weighted by Crippen LogP contribution is 2.36. The largest absolute Gasteiger partial charge is 0.310 e. The quantitative estimate of drug-likeness (QED) is 0.861. The summed E-state index contributed by atoms with van der Waals surface area (Å²) in [6, 6.07) is 11.3. The number of thioether (sulfide) groups is 1. The maximum Gasteiger partial charge on any atom is 0.101 e. The van der Waals surface area contributed by atoms with Crippen molar-refractivity contribution in [3.8, 4) is 0 Å². The molecule has 1 N–H and O–H groups in total. The van der Waals surface area contributed by atoms with Crippen molar-refractivity contribution in [2.75, 3.05) is 0 Å². The molecule has 1 aromatic carbocycles. The molecule has 0 bridgehead atoms. The zero-order chi connectivity index (χ0) is 14.7. The van der Waals surface area contributed by atoms with Gasteiger partial charge in [-0.15, -0.1) is 11.8 Å². The first-order valence-electron chi connectivity index (χ1n) is 8.01. The Hall–Kier alpha value is -1.06. The Kier molecular flexibility index (Phi) is 4.81. The van der Waals surface area contributed by atoms with E-state index in [1.165, 1.54) is 41.7 Å². The topological polar surface area (TPSA) is 24.9 Å². The molecule has 0 aliphatic heterocycles. The number of hydrogen-bond acceptors (Lipinski definition) is 3. The first-order chi connectivity index (χ1) is 10.2. The van der Waals surface area contributed by atoms with E-state index in [0.717, 1.165) is 17.3 Å². The lowest BCUT2D eigenvalue weighted by Gasteiger charge is -2.15. The van der Waals surface area contributed by atoms with Gasteiger partial charge in [0.25, 0.3) is 0 Å². The summed E-state index contributed by atoms with van der Waals surface area (Å²) >= 11 is 1.99. The fourth-order valence-electron chi connectivity index (χ4n) is 2.85. The Labute approximate surface area is 131 Å². The van der Waals surface area contributed by atoms with Gasteiger partial charge in [0.05, 0.1) is 5.52 Å². The van der Waals surface area contributed by atoms with Crippen LogP contribution in [0.15, 0.2) is 35.4 Å². The van der Waals surface area contributed by atoms with Crippen molar-refractivity contribution in [3.05, 3.63) is 35.9 Å². The van der Waals surface area contributed by atoms with Gasteiger partial charge in [-0.25, -0.2) is 4.98 Å². The number of para-hydroxylation sites is 1. The second kappa shape index (κ2) is 6.80. The first-order valence-corrected chi connectivity index (χ1v) is 8.89. The van der Waals surface area contributed by atoms with Gasteiger partial charge >= 0.3 is 0 Å². The van der Waals surface area contributed by atoms with Gasteiger partial charge in [-0.3, -0.25) is 0 Å². The van der Waals surface area contributed by atoms with Crippen LogP contribution in [0.1, 0.15) is 45.1 Å². The van der Waals surface area contributed by atoms with E-state index in [0.29, 0.717) is 6.04 Å². The summed E-state index contributed by atoms with van der Waals surface area (Å²) in [5.74, 6) is 0. The molecular formula is C18H24N2S. The molecule has 2 aromatic rings. The molecule has 2 nitrogen and oxygen atoms in total. The zero-order valence-corrected chi connectivity index (χ0v) is 13.7. The van der Waals surface area contributed by atoms with Gasteiger partial charge in [-0.05, 0) is 30.5 Å². The van der Waals surface area contributed by atoms with Crippen molar-refractivity contribution >= 4 is 22.7 Å². The van der Waals surface area contributed by atoms with Crippen LogP contribution in [0.2, 0.25) is 0 Å². The van der Waals surface area contributed by atoms with E-state index in [1.807, 2.05) is 11.8 Å². The molecule has 0 radical (unpaired) electrons. The second-order valence-corrected chi connectivity index (χ2v) is 7.49. The van der Waals surface area contributed by atoms with Gasteiger partial charge < -0.3 is 5.32 Å². The average molecular weight is 300 g/mol. The minimum Gasteiger partial charge on any atom is -0.310 e. The standard InChI is InChI=1S/C18H24N2S/c1-13(2)19-12-15-11-14-7-3-6-10-17(14)20-18(15)21-16-8-4-5-9-16/h3,6-7,10-11,13,16,19H,4-5,8-9,12H2,1-2H3. The molecule has 1 aliphatic carbocycles. The summed E-state index contributed by atoms with van der Waals surface area (Å²) in [5.41, 5.74) is 2.46. The third kappa shape index (κ3) is 3.78. The van der Waals surface area contributed by atoms with E-state index >= 15 is 0 Å². The van der Waals surface area contributed by atoms with Crippen molar-refractivity contribution in [1.82, 2.24) is 10.3 Å². The highest BCUT2D eigenvalue weighted by molar-refractivity contribution is 7.99. The van der Waals surface area contributed by atoms with Crippen LogP contribution in [0.25, 0.3) is 10.9 Å². The lowest BCUT2D eigenvalue weighted by molar-refractivity contribution is 0.583. The molecule has 1 heterocycles. The molecule has 0 atom stereocenters. The van der Waals surface area contributed by atoms with E-state index in [9.17, 15) is 0 Å². The summed E-state index contributed by atoms with van der Waals surface area (Å²) in [7, 11) is 0. The molecule has 3 heteroatoms. The average Bonchev–Trinajstić information content (AvgIpc) is 2.98. The Morgan fingerprint density at radius 3 is 2.76 bits per heavy atom. The van der Waals surface area contributed by atoms with Crippen LogP contribution in [0, 0.1) is 0 Å². The van der Waals surface area contributed by atoms with Crippen molar-refractivity contribution in [1.29, 1.82) is 0 Å². The van der Waals surface area contributed by atoms with E-state index < -0.39 is 0 Å². The van der Waals surface area contributed by atoms with E-state index in [2.05, 4.69) is 49.5 Å². The summed E-state index contributed by atoms with van der Waals surface area (Å²) in [5, 5.41) is 6.77. The third-order valence-corrected chi connectivity index (χ3v) is 5.43. The second-order valence-electron chi connectivity index (χ2n) is 6.21. The Balaban J connectivity index is 1.90. The SMILES string of the molecule is CC(C)NCc1cc2ccccc2nc1SC1CCCC1. The van der Waals surface area contributed by atoms with Gasteiger partial charge in [-0.2, -0.15) is 0 Å².